The molecule has 16 heavy (non-hydrogen) atoms. The van der Waals surface area contributed by atoms with Gasteiger partial charge < -0.3 is 14.8 Å². The normalized spacial score (nSPS) is 17.4. The Morgan fingerprint density at radius 2 is 1.75 bits per heavy atom. The monoisotopic (exact) mass is 229 g/mol. The van der Waals surface area contributed by atoms with Gasteiger partial charge in [0.2, 0.25) is 0 Å². The van der Waals surface area contributed by atoms with Gasteiger partial charge in [0.25, 0.3) is 0 Å². The molecule has 3 heteroatoms. The van der Waals surface area contributed by atoms with E-state index in [2.05, 4.69) is 19.2 Å². The molecule has 1 rings (SSSR count). The Morgan fingerprint density at radius 3 is 2.44 bits per heavy atom. The van der Waals surface area contributed by atoms with Gasteiger partial charge in [0.05, 0.1) is 19.8 Å². The molecule has 1 saturated carbocycles. The van der Waals surface area contributed by atoms with Gasteiger partial charge in [-0.05, 0) is 18.8 Å². The van der Waals surface area contributed by atoms with Crippen LogP contribution in [0.2, 0.25) is 0 Å². The molecule has 3 nitrogen and oxygen atoms in total. The van der Waals surface area contributed by atoms with E-state index in [-0.39, 0.29) is 0 Å². The fourth-order valence-corrected chi connectivity index (χ4v) is 2.00. The summed E-state index contributed by atoms with van der Waals surface area (Å²) < 4.78 is 10.9. The van der Waals surface area contributed by atoms with Crippen LogP contribution in [-0.4, -0.2) is 39.0 Å². The van der Waals surface area contributed by atoms with Gasteiger partial charge in [-0.1, -0.05) is 26.7 Å². The van der Waals surface area contributed by atoms with Gasteiger partial charge in [-0.15, -0.1) is 0 Å². The Morgan fingerprint density at radius 1 is 1.06 bits per heavy atom. The molecule has 0 aromatic heterocycles. The Hall–Kier alpha value is -0.120. The van der Waals surface area contributed by atoms with Crippen LogP contribution in [0.5, 0.6) is 0 Å². The first-order chi connectivity index (χ1) is 7.79. The number of ether oxygens (including phenoxy) is 2. The molecule has 0 atom stereocenters. The Bertz CT molecular complexity index is 156. The van der Waals surface area contributed by atoms with Crippen LogP contribution in [0.1, 0.15) is 39.5 Å². The smallest absolute Gasteiger partial charge is 0.0701 e. The highest BCUT2D eigenvalue weighted by Gasteiger charge is 2.12. The molecule has 96 valence electrons. The van der Waals surface area contributed by atoms with Crippen molar-refractivity contribution < 1.29 is 9.47 Å². The molecule has 1 aliphatic carbocycles. The lowest BCUT2D eigenvalue weighted by Gasteiger charge is -2.12. The summed E-state index contributed by atoms with van der Waals surface area (Å²) in [4.78, 5) is 0. The lowest BCUT2D eigenvalue weighted by Crippen LogP contribution is -2.29. The molecule has 0 aromatic rings. The molecule has 1 fully saturated rings. The maximum atomic E-state index is 5.49. The average Bonchev–Trinajstić information content (AvgIpc) is 2.74. The molecule has 0 aromatic carbocycles. The molecular formula is C13H27NO2. The number of nitrogens with one attached hydrogen (secondary N) is 1. The quantitative estimate of drug-likeness (QED) is 0.615. The van der Waals surface area contributed by atoms with E-state index in [0.717, 1.165) is 39.0 Å². The van der Waals surface area contributed by atoms with Crippen LogP contribution in [0, 0.1) is 5.92 Å². The Balaban J connectivity index is 1.74. The number of hydrogen-bond donors (Lipinski definition) is 1. The van der Waals surface area contributed by atoms with Crippen LogP contribution < -0.4 is 5.32 Å². The topological polar surface area (TPSA) is 30.5 Å². The molecule has 0 heterocycles. The van der Waals surface area contributed by atoms with Crippen molar-refractivity contribution in [3.05, 3.63) is 0 Å². The number of hydrogen-bond acceptors (Lipinski definition) is 3. The van der Waals surface area contributed by atoms with Gasteiger partial charge in [-0.25, -0.2) is 0 Å². The van der Waals surface area contributed by atoms with E-state index in [0.29, 0.717) is 5.92 Å². The minimum atomic E-state index is 0.615. The lowest BCUT2D eigenvalue weighted by molar-refractivity contribution is 0.0383. The summed E-state index contributed by atoms with van der Waals surface area (Å²) in [5, 5.41) is 3.52. The van der Waals surface area contributed by atoms with Crippen molar-refractivity contribution in [2.75, 3.05) is 33.0 Å². The average molecular weight is 229 g/mol. The van der Waals surface area contributed by atoms with Crippen LogP contribution in [0.3, 0.4) is 0 Å². The minimum Gasteiger partial charge on any atom is -0.379 e. The van der Waals surface area contributed by atoms with E-state index in [1.54, 1.807) is 0 Å². The molecule has 0 spiro atoms. The van der Waals surface area contributed by atoms with E-state index in [1.807, 2.05) is 0 Å². The van der Waals surface area contributed by atoms with Crippen molar-refractivity contribution in [2.24, 2.45) is 5.92 Å². The highest BCUT2D eigenvalue weighted by Crippen LogP contribution is 2.17. The molecule has 0 unspecified atom stereocenters. The summed E-state index contributed by atoms with van der Waals surface area (Å²) >= 11 is 0. The SMILES string of the molecule is CC(C)COCCOCCNC1CCCC1. The van der Waals surface area contributed by atoms with Gasteiger partial charge in [0.1, 0.15) is 0 Å². The molecule has 0 aliphatic heterocycles. The molecule has 0 bridgehead atoms. The van der Waals surface area contributed by atoms with E-state index in [9.17, 15) is 0 Å². The second-order valence-electron chi connectivity index (χ2n) is 5.02. The molecule has 1 N–H and O–H groups in total. The third kappa shape index (κ3) is 7.20. The van der Waals surface area contributed by atoms with Crippen LogP contribution in [0.4, 0.5) is 0 Å². The fourth-order valence-electron chi connectivity index (χ4n) is 2.00. The number of rotatable bonds is 9. The summed E-state index contributed by atoms with van der Waals surface area (Å²) in [5.74, 6) is 0.615. The van der Waals surface area contributed by atoms with Gasteiger partial charge in [-0.2, -0.15) is 0 Å². The van der Waals surface area contributed by atoms with E-state index >= 15 is 0 Å². The summed E-state index contributed by atoms with van der Waals surface area (Å²) in [5.41, 5.74) is 0. The molecule has 0 saturated heterocycles. The first kappa shape index (κ1) is 13.9. The first-order valence-corrected chi connectivity index (χ1v) is 6.68. The molecule has 0 amide bonds. The van der Waals surface area contributed by atoms with Crippen LogP contribution in [-0.2, 0) is 9.47 Å². The van der Waals surface area contributed by atoms with Gasteiger partial charge in [0, 0.05) is 19.2 Å². The van der Waals surface area contributed by atoms with Crippen molar-refractivity contribution in [3.8, 4) is 0 Å². The van der Waals surface area contributed by atoms with Crippen molar-refractivity contribution in [3.63, 3.8) is 0 Å². The van der Waals surface area contributed by atoms with Crippen molar-refractivity contribution in [1.82, 2.24) is 5.32 Å². The minimum absolute atomic E-state index is 0.615. The predicted molar refractivity (Wildman–Crippen MR) is 66.7 cm³/mol. The third-order valence-corrected chi connectivity index (χ3v) is 2.86. The third-order valence-electron chi connectivity index (χ3n) is 2.86. The highest BCUT2D eigenvalue weighted by atomic mass is 16.5. The van der Waals surface area contributed by atoms with Crippen molar-refractivity contribution in [2.45, 2.75) is 45.6 Å². The zero-order chi connectivity index (χ0) is 11.6. The maximum absolute atomic E-state index is 5.49. The molecule has 1 aliphatic rings. The second-order valence-corrected chi connectivity index (χ2v) is 5.02. The summed E-state index contributed by atoms with van der Waals surface area (Å²) in [6, 6.07) is 0.751. The summed E-state index contributed by atoms with van der Waals surface area (Å²) in [6.07, 6.45) is 5.47. The van der Waals surface area contributed by atoms with Crippen LogP contribution >= 0.6 is 0 Å². The van der Waals surface area contributed by atoms with Crippen LogP contribution in [0.15, 0.2) is 0 Å². The summed E-state index contributed by atoms with van der Waals surface area (Å²) in [6.45, 7) is 8.39. The molecular weight excluding hydrogens is 202 g/mol. The van der Waals surface area contributed by atoms with Gasteiger partial charge in [0.15, 0.2) is 0 Å². The summed E-state index contributed by atoms with van der Waals surface area (Å²) in [7, 11) is 0. The van der Waals surface area contributed by atoms with E-state index < -0.39 is 0 Å². The fraction of sp³-hybridized carbons (Fsp3) is 1.00. The Kier molecular flexibility index (Phi) is 7.81. The first-order valence-electron chi connectivity index (χ1n) is 6.68. The van der Waals surface area contributed by atoms with Crippen molar-refractivity contribution >= 4 is 0 Å². The Labute approximate surface area is 99.9 Å². The van der Waals surface area contributed by atoms with Crippen molar-refractivity contribution in [1.29, 1.82) is 0 Å². The van der Waals surface area contributed by atoms with Gasteiger partial charge in [-0.3, -0.25) is 0 Å². The largest absolute Gasteiger partial charge is 0.379 e. The zero-order valence-electron chi connectivity index (χ0n) is 10.8. The zero-order valence-corrected chi connectivity index (χ0v) is 10.8. The van der Waals surface area contributed by atoms with Crippen LogP contribution in [0.25, 0.3) is 0 Å². The van der Waals surface area contributed by atoms with E-state index in [1.165, 1.54) is 25.7 Å². The second kappa shape index (κ2) is 8.97. The highest BCUT2D eigenvalue weighted by molar-refractivity contribution is 4.72. The maximum Gasteiger partial charge on any atom is 0.0701 e. The molecule has 0 radical (unpaired) electrons. The van der Waals surface area contributed by atoms with E-state index in [4.69, 9.17) is 9.47 Å². The van der Waals surface area contributed by atoms with Gasteiger partial charge >= 0.3 is 0 Å². The lowest BCUT2D eigenvalue weighted by atomic mass is 10.2. The predicted octanol–water partition coefficient (Wildman–Crippen LogP) is 2.21. The standard InChI is InChI=1S/C13H27NO2/c1-12(2)11-16-10-9-15-8-7-14-13-5-3-4-6-13/h12-14H,3-11H2,1-2H3.